The van der Waals surface area contributed by atoms with Gasteiger partial charge in [-0.15, -0.1) is 11.3 Å². The number of hydrogen-bond donors (Lipinski definition) is 0. The fourth-order valence-electron chi connectivity index (χ4n) is 10.1. The molecule has 63 heavy (non-hydrogen) atoms. The van der Waals surface area contributed by atoms with E-state index in [1.807, 2.05) is 17.4 Å². The lowest BCUT2D eigenvalue weighted by atomic mass is 9.93. The third kappa shape index (κ3) is 5.64. The highest BCUT2D eigenvalue weighted by Gasteiger charge is 2.23. The first-order chi connectivity index (χ1) is 31.3. The van der Waals surface area contributed by atoms with Crippen LogP contribution in [0.5, 0.6) is 0 Å². The molecule has 0 radical (unpaired) electrons. The summed E-state index contributed by atoms with van der Waals surface area (Å²) in [5.74, 6) is 0. The summed E-state index contributed by atoms with van der Waals surface area (Å²) in [6, 6.07) is 82.1. The van der Waals surface area contributed by atoms with E-state index < -0.39 is 0 Å². The molecule has 0 aliphatic carbocycles. The van der Waals surface area contributed by atoms with Crippen molar-refractivity contribution in [2.45, 2.75) is 0 Å². The summed E-state index contributed by atoms with van der Waals surface area (Å²) < 4.78 is 9.42. The summed E-state index contributed by atoms with van der Waals surface area (Å²) in [7, 11) is 0. The number of anilines is 3. The van der Waals surface area contributed by atoms with Gasteiger partial charge < -0.3 is 9.32 Å². The number of benzene rings is 10. The van der Waals surface area contributed by atoms with E-state index in [9.17, 15) is 0 Å². The van der Waals surface area contributed by atoms with Gasteiger partial charge in [-0.25, -0.2) is 0 Å². The Morgan fingerprint density at radius 3 is 1.52 bits per heavy atom. The lowest BCUT2D eigenvalue weighted by Gasteiger charge is -2.28. The van der Waals surface area contributed by atoms with Crippen LogP contribution in [-0.2, 0) is 0 Å². The lowest BCUT2D eigenvalue weighted by molar-refractivity contribution is 0.669. The third-order valence-corrected chi connectivity index (χ3v) is 14.0. The molecule has 0 aliphatic heterocycles. The molecule has 0 unspecified atom stereocenters. The van der Waals surface area contributed by atoms with Gasteiger partial charge in [0.1, 0.15) is 5.58 Å². The van der Waals surface area contributed by atoms with E-state index in [1.54, 1.807) is 0 Å². The zero-order valence-electron chi connectivity index (χ0n) is 34.1. The predicted octanol–water partition coefficient (Wildman–Crippen LogP) is 18.0. The highest BCUT2D eigenvalue weighted by Crippen LogP contribution is 2.47. The first kappa shape index (κ1) is 35.7. The third-order valence-electron chi connectivity index (χ3n) is 12.9. The van der Waals surface area contributed by atoms with Crippen molar-refractivity contribution in [3.8, 4) is 11.1 Å². The molecule has 2 heterocycles. The first-order valence-electron chi connectivity index (χ1n) is 21.5. The number of rotatable bonds is 4. The fourth-order valence-corrected chi connectivity index (χ4v) is 11.2. The Balaban J connectivity index is 1.23. The van der Waals surface area contributed by atoms with Crippen molar-refractivity contribution in [3.05, 3.63) is 224 Å². The number of hydrogen-bond acceptors (Lipinski definition) is 3. The summed E-state index contributed by atoms with van der Waals surface area (Å²) in [6.45, 7) is 0. The molecule has 0 spiro atoms. The predicted molar refractivity (Wildman–Crippen MR) is 272 cm³/mol. The van der Waals surface area contributed by atoms with Crippen LogP contribution in [0.4, 0.5) is 17.1 Å². The molecule has 2 nitrogen and oxygen atoms in total. The van der Waals surface area contributed by atoms with E-state index in [-0.39, 0.29) is 0 Å². The highest BCUT2D eigenvalue weighted by molar-refractivity contribution is 7.25. The zero-order chi connectivity index (χ0) is 41.4. The van der Waals surface area contributed by atoms with Crippen molar-refractivity contribution >= 4 is 124 Å². The monoisotopic (exact) mass is 819 g/mol. The van der Waals surface area contributed by atoms with Crippen LogP contribution >= 0.6 is 11.3 Å². The summed E-state index contributed by atoms with van der Waals surface area (Å²) in [5, 5.41) is 16.8. The second kappa shape index (κ2) is 14.3. The average molecular weight is 820 g/mol. The van der Waals surface area contributed by atoms with E-state index in [4.69, 9.17) is 4.42 Å². The van der Waals surface area contributed by atoms with E-state index in [2.05, 4.69) is 223 Å². The van der Waals surface area contributed by atoms with Crippen molar-refractivity contribution in [2.75, 3.05) is 4.90 Å². The topological polar surface area (TPSA) is 16.4 Å². The summed E-state index contributed by atoms with van der Waals surface area (Å²) in [5.41, 5.74) is 7.09. The number of nitrogens with zero attached hydrogens (tertiary/aromatic N) is 1. The molecule has 13 rings (SSSR count). The standard InChI is InChI=1S/C60H37NOS/c1-2-17-38(18-3-1)40-19-10-13-29-55(40)61(56-30-16-28-50-48-26-11-14-31-57(48)62-60(50)56)39-33-34-47-51(35-39)45-24-8-6-22-43(45)41-20-4-5-21-42(41)44-23-7-9-25-46(44)53-37-59-54(36-52(47)53)49-27-12-15-32-58(49)63-59/h1-37H. The minimum absolute atomic E-state index is 0.851. The van der Waals surface area contributed by atoms with Crippen LogP contribution in [0.25, 0.3) is 107 Å². The summed E-state index contributed by atoms with van der Waals surface area (Å²) in [6.07, 6.45) is 0. The van der Waals surface area contributed by atoms with Gasteiger partial charge in [0, 0.05) is 42.2 Å². The Morgan fingerprint density at radius 2 is 0.810 bits per heavy atom. The minimum Gasteiger partial charge on any atom is -0.454 e. The number of thiophene rings is 1. The molecule has 294 valence electrons. The largest absolute Gasteiger partial charge is 0.454 e. The van der Waals surface area contributed by atoms with Crippen LogP contribution < -0.4 is 4.90 Å². The zero-order valence-corrected chi connectivity index (χ0v) is 34.9. The lowest BCUT2D eigenvalue weighted by Crippen LogP contribution is -2.11. The van der Waals surface area contributed by atoms with Crippen molar-refractivity contribution in [3.63, 3.8) is 0 Å². The van der Waals surface area contributed by atoms with Crippen LogP contribution in [-0.4, -0.2) is 0 Å². The van der Waals surface area contributed by atoms with Gasteiger partial charge in [0.15, 0.2) is 5.58 Å². The Hall–Kier alpha value is -7.98. The molecule has 0 N–H and O–H groups in total. The molecule has 3 heteroatoms. The van der Waals surface area contributed by atoms with Gasteiger partial charge in [-0.3, -0.25) is 0 Å². The minimum atomic E-state index is 0.851. The number of fused-ring (bicyclic) bond motifs is 16. The molecule has 2 aromatic heterocycles. The van der Waals surface area contributed by atoms with E-state index in [1.165, 1.54) is 68.6 Å². The second-order valence-electron chi connectivity index (χ2n) is 16.3. The second-order valence-corrected chi connectivity index (χ2v) is 17.4. The molecule has 13 aromatic rings. The van der Waals surface area contributed by atoms with Crippen LogP contribution in [0.2, 0.25) is 0 Å². The van der Waals surface area contributed by atoms with Crippen LogP contribution in [0, 0.1) is 0 Å². The van der Waals surface area contributed by atoms with Crippen LogP contribution in [0.15, 0.2) is 229 Å². The van der Waals surface area contributed by atoms with E-state index >= 15 is 0 Å². The van der Waals surface area contributed by atoms with Crippen molar-refractivity contribution < 1.29 is 4.42 Å². The quantitative estimate of drug-likeness (QED) is 0.176. The maximum atomic E-state index is 6.84. The van der Waals surface area contributed by atoms with Gasteiger partial charge in [0.25, 0.3) is 0 Å². The number of para-hydroxylation sites is 3. The molecular weight excluding hydrogens is 783 g/mol. The Kier molecular flexibility index (Phi) is 8.12. The molecule has 0 atom stereocenters. The van der Waals surface area contributed by atoms with Gasteiger partial charge in [0.2, 0.25) is 0 Å². The van der Waals surface area contributed by atoms with Gasteiger partial charge in [0.05, 0.1) is 11.4 Å². The van der Waals surface area contributed by atoms with Gasteiger partial charge in [-0.2, -0.15) is 0 Å². The average Bonchev–Trinajstić information content (AvgIpc) is 3.92. The molecule has 0 saturated heterocycles. The SMILES string of the molecule is c1ccc(-c2ccccc2N(c2ccc3c(c2)c2ccccc2c2ccccc2c2ccccc2c2cc4sc5ccccc5c4cc32)c2cccc3c2oc2ccccc23)cc1. The maximum absolute atomic E-state index is 6.84. The van der Waals surface area contributed by atoms with E-state index in [0.717, 1.165) is 55.5 Å². The Labute approximate surface area is 367 Å². The summed E-state index contributed by atoms with van der Waals surface area (Å²) in [4.78, 5) is 2.41. The molecule has 11 aromatic carbocycles. The smallest absolute Gasteiger partial charge is 0.159 e. The van der Waals surface area contributed by atoms with E-state index in [0.29, 0.717) is 0 Å². The van der Waals surface area contributed by atoms with Gasteiger partial charge >= 0.3 is 0 Å². The highest BCUT2D eigenvalue weighted by atomic mass is 32.1. The van der Waals surface area contributed by atoms with Crippen molar-refractivity contribution in [1.82, 2.24) is 0 Å². The van der Waals surface area contributed by atoms with Gasteiger partial charge in [-0.05, 0) is 108 Å². The van der Waals surface area contributed by atoms with Crippen LogP contribution in [0.1, 0.15) is 0 Å². The summed E-state index contributed by atoms with van der Waals surface area (Å²) >= 11 is 1.87. The first-order valence-corrected chi connectivity index (χ1v) is 22.3. The fraction of sp³-hybridized carbons (Fsp3) is 0. The molecule has 0 amide bonds. The maximum Gasteiger partial charge on any atom is 0.159 e. The van der Waals surface area contributed by atoms with Crippen molar-refractivity contribution in [1.29, 1.82) is 0 Å². The molecule has 0 aliphatic rings. The normalized spacial score (nSPS) is 11.8. The molecule has 0 saturated carbocycles. The van der Waals surface area contributed by atoms with Crippen molar-refractivity contribution in [2.24, 2.45) is 0 Å². The molecular formula is C60H37NOS. The molecule has 0 fully saturated rings. The number of furan rings is 1. The van der Waals surface area contributed by atoms with Crippen LogP contribution in [0.3, 0.4) is 0 Å². The Bertz CT molecular complexity index is 4050. The molecule has 0 bridgehead atoms. The van der Waals surface area contributed by atoms with Gasteiger partial charge in [-0.1, -0.05) is 176 Å². The Morgan fingerprint density at radius 1 is 0.302 bits per heavy atom.